The Hall–Kier alpha value is -1.10. The molecule has 15 heavy (non-hydrogen) atoms. The molecule has 0 aliphatic heterocycles. The van der Waals surface area contributed by atoms with E-state index >= 15 is 0 Å². The van der Waals surface area contributed by atoms with Gasteiger partial charge in [0.2, 0.25) is 0 Å². The van der Waals surface area contributed by atoms with E-state index in [-0.39, 0.29) is 11.9 Å². The van der Waals surface area contributed by atoms with Crippen LogP contribution in [0.5, 0.6) is 0 Å². The average Bonchev–Trinajstić information content (AvgIpc) is 2.49. The zero-order valence-corrected chi connectivity index (χ0v) is 10.3. The molecule has 1 aromatic heterocycles. The van der Waals surface area contributed by atoms with Crippen LogP contribution in [0.15, 0.2) is 5.38 Å². The minimum atomic E-state index is -0.116. The molecule has 2 N–H and O–H groups in total. The Morgan fingerprint density at radius 3 is 2.53 bits per heavy atom. The molecular formula is C10H17N3OS. The van der Waals surface area contributed by atoms with E-state index < -0.39 is 0 Å². The summed E-state index contributed by atoms with van der Waals surface area (Å²) in [4.78, 5) is 11.7. The number of rotatable bonds is 4. The highest BCUT2D eigenvalue weighted by Crippen LogP contribution is 2.17. The summed E-state index contributed by atoms with van der Waals surface area (Å²) in [5.74, 6) is -0.116. The third-order valence-corrected chi connectivity index (χ3v) is 2.28. The lowest BCUT2D eigenvalue weighted by atomic mass is 10.3. The van der Waals surface area contributed by atoms with E-state index in [0.717, 1.165) is 5.69 Å². The van der Waals surface area contributed by atoms with Crippen LogP contribution in [0.3, 0.4) is 0 Å². The number of aromatic nitrogens is 1. The molecule has 84 valence electrons. The van der Waals surface area contributed by atoms with Crippen molar-refractivity contribution < 1.29 is 4.79 Å². The summed E-state index contributed by atoms with van der Waals surface area (Å²) in [6, 6.07) is 0.429. The molecule has 0 aromatic carbocycles. The standard InChI is InChI=1S/C10H17N3OS/c1-6(2)11-8-5-15-13-9(8)10(14)12-7(3)4/h5-7,11H,1-4H3,(H,12,14). The van der Waals surface area contributed by atoms with Gasteiger partial charge in [-0.2, -0.15) is 4.37 Å². The monoisotopic (exact) mass is 227 g/mol. The van der Waals surface area contributed by atoms with Gasteiger partial charge in [-0.25, -0.2) is 0 Å². The van der Waals surface area contributed by atoms with E-state index in [1.165, 1.54) is 11.5 Å². The third-order valence-electron chi connectivity index (χ3n) is 1.65. The summed E-state index contributed by atoms with van der Waals surface area (Å²) < 4.78 is 4.09. The number of carbonyl (C=O) groups excluding carboxylic acids is 1. The largest absolute Gasteiger partial charge is 0.380 e. The van der Waals surface area contributed by atoms with E-state index in [2.05, 4.69) is 15.0 Å². The van der Waals surface area contributed by atoms with Gasteiger partial charge in [0, 0.05) is 17.5 Å². The number of nitrogens with one attached hydrogen (secondary N) is 2. The van der Waals surface area contributed by atoms with Gasteiger partial charge >= 0.3 is 0 Å². The van der Waals surface area contributed by atoms with Crippen molar-refractivity contribution in [2.24, 2.45) is 0 Å². The Morgan fingerprint density at radius 1 is 1.33 bits per heavy atom. The molecule has 0 bridgehead atoms. The highest BCUT2D eigenvalue weighted by molar-refractivity contribution is 7.04. The van der Waals surface area contributed by atoms with Crippen LogP contribution >= 0.6 is 11.5 Å². The molecule has 1 amide bonds. The van der Waals surface area contributed by atoms with Crippen molar-refractivity contribution in [2.45, 2.75) is 39.8 Å². The smallest absolute Gasteiger partial charge is 0.273 e. The first-order valence-electron chi connectivity index (χ1n) is 5.02. The molecular weight excluding hydrogens is 210 g/mol. The predicted molar refractivity (Wildman–Crippen MR) is 63.5 cm³/mol. The molecule has 1 heterocycles. The molecule has 0 saturated carbocycles. The Morgan fingerprint density at radius 2 is 2.00 bits per heavy atom. The van der Waals surface area contributed by atoms with E-state index in [1.54, 1.807) is 0 Å². The summed E-state index contributed by atoms with van der Waals surface area (Å²) in [6.45, 7) is 7.92. The Balaban J connectivity index is 2.76. The van der Waals surface area contributed by atoms with Gasteiger partial charge in [0.1, 0.15) is 0 Å². The SMILES string of the molecule is CC(C)NC(=O)c1nscc1NC(C)C. The van der Waals surface area contributed by atoms with E-state index in [1.807, 2.05) is 33.1 Å². The van der Waals surface area contributed by atoms with Crippen molar-refractivity contribution >= 4 is 23.1 Å². The highest BCUT2D eigenvalue weighted by atomic mass is 32.1. The molecule has 1 aromatic rings. The van der Waals surface area contributed by atoms with Crippen molar-refractivity contribution in [3.05, 3.63) is 11.1 Å². The third kappa shape index (κ3) is 3.51. The Labute approximate surface area is 94.2 Å². The van der Waals surface area contributed by atoms with E-state index in [4.69, 9.17) is 0 Å². The summed E-state index contributed by atoms with van der Waals surface area (Å²) in [5, 5.41) is 7.87. The van der Waals surface area contributed by atoms with Crippen molar-refractivity contribution in [1.29, 1.82) is 0 Å². The highest BCUT2D eigenvalue weighted by Gasteiger charge is 2.15. The molecule has 0 unspecified atom stereocenters. The van der Waals surface area contributed by atoms with Gasteiger partial charge in [0.05, 0.1) is 5.69 Å². The van der Waals surface area contributed by atoms with Crippen LogP contribution in [0.25, 0.3) is 0 Å². The van der Waals surface area contributed by atoms with Gasteiger partial charge in [-0.3, -0.25) is 4.79 Å². The van der Waals surface area contributed by atoms with Crippen LogP contribution in [-0.4, -0.2) is 22.4 Å². The second-order valence-corrected chi connectivity index (χ2v) is 4.63. The lowest BCUT2D eigenvalue weighted by Crippen LogP contribution is -2.31. The Bertz CT molecular complexity index is 333. The van der Waals surface area contributed by atoms with Crippen LogP contribution in [0.2, 0.25) is 0 Å². The van der Waals surface area contributed by atoms with Gasteiger partial charge in [0.25, 0.3) is 5.91 Å². The molecule has 0 spiro atoms. The molecule has 0 atom stereocenters. The number of hydrogen-bond acceptors (Lipinski definition) is 4. The van der Waals surface area contributed by atoms with Gasteiger partial charge in [-0.15, -0.1) is 0 Å². The zero-order chi connectivity index (χ0) is 11.4. The Kier molecular flexibility index (Phi) is 4.08. The summed E-state index contributed by atoms with van der Waals surface area (Å²) in [6.07, 6.45) is 0. The van der Waals surface area contributed by atoms with Crippen LogP contribution < -0.4 is 10.6 Å². The molecule has 0 radical (unpaired) electrons. The topological polar surface area (TPSA) is 54.0 Å². The predicted octanol–water partition coefficient (Wildman–Crippen LogP) is 2.10. The number of nitrogens with zero attached hydrogens (tertiary/aromatic N) is 1. The molecule has 0 saturated heterocycles. The maximum absolute atomic E-state index is 11.7. The quantitative estimate of drug-likeness (QED) is 0.828. The molecule has 0 aliphatic carbocycles. The molecule has 0 fully saturated rings. The van der Waals surface area contributed by atoms with Crippen LogP contribution in [0.4, 0.5) is 5.69 Å². The van der Waals surface area contributed by atoms with Crippen LogP contribution in [0.1, 0.15) is 38.2 Å². The van der Waals surface area contributed by atoms with Gasteiger partial charge in [-0.1, -0.05) is 0 Å². The fraction of sp³-hybridized carbons (Fsp3) is 0.600. The summed E-state index contributed by atoms with van der Waals surface area (Å²) >= 11 is 1.29. The fourth-order valence-electron chi connectivity index (χ4n) is 1.14. The van der Waals surface area contributed by atoms with E-state index in [0.29, 0.717) is 11.7 Å². The van der Waals surface area contributed by atoms with E-state index in [9.17, 15) is 4.79 Å². The minimum absolute atomic E-state index is 0.116. The van der Waals surface area contributed by atoms with Crippen LogP contribution in [-0.2, 0) is 0 Å². The van der Waals surface area contributed by atoms with Gasteiger partial charge in [0.15, 0.2) is 5.69 Å². The van der Waals surface area contributed by atoms with Crippen molar-refractivity contribution in [3.8, 4) is 0 Å². The first-order valence-corrected chi connectivity index (χ1v) is 5.86. The van der Waals surface area contributed by atoms with Crippen molar-refractivity contribution in [1.82, 2.24) is 9.69 Å². The number of anilines is 1. The normalized spacial score (nSPS) is 10.8. The summed E-state index contributed by atoms with van der Waals surface area (Å²) in [5.41, 5.74) is 1.30. The maximum atomic E-state index is 11.7. The molecule has 0 aliphatic rings. The zero-order valence-electron chi connectivity index (χ0n) is 9.50. The molecule has 4 nitrogen and oxygen atoms in total. The lowest BCUT2D eigenvalue weighted by molar-refractivity contribution is 0.0940. The molecule has 5 heteroatoms. The van der Waals surface area contributed by atoms with Crippen molar-refractivity contribution in [2.75, 3.05) is 5.32 Å². The minimum Gasteiger partial charge on any atom is -0.380 e. The maximum Gasteiger partial charge on any atom is 0.273 e. The average molecular weight is 227 g/mol. The van der Waals surface area contributed by atoms with Gasteiger partial charge < -0.3 is 10.6 Å². The van der Waals surface area contributed by atoms with Crippen molar-refractivity contribution in [3.63, 3.8) is 0 Å². The number of hydrogen-bond donors (Lipinski definition) is 2. The first kappa shape index (κ1) is 12.0. The molecule has 1 rings (SSSR count). The number of carbonyl (C=O) groups is 1. The van der Waals surface area contributed by atoms with Gasteiger partial charge in [-0.05, 0) is 39.2 Å². The fourth-order valence-corrected chi connectivity index (χ4v) is 1.77. The summed E-state index contributed by atoms with van der Waals surface area (Å²) in [7, 11) is 0. The number of amides is 1. The first-order chi connectivity index (χ1) is 7.00. The lowest BCUT2D eigenvalue weighted by Gasteiger charge is -2.11. The second-order valence-electron chi connectivity index (χ2n) is 4.00. The van der Waals surface area contributed by atoms with Crippen LogP contribution in [0, 0.1) is 0 Å². The second kappa shape index (κ2) is 5.11.